The van der Waals surface area contributed by atoms with Gasteiger partial charge in [-0.05, 0) is 59.8 Å². The van der Waals surface area contributed by atoms with E-state index >= 15 is 0 Å². The van der Waals surface area contributed by atoms with E-state index in [9.17, 15) is 0 Å². The highest BCUT2D eigenvalue weighted by Gasteiger charge is 2.07. The monoisotopic (exact) mass is 343 g/mol. The van der Waals surface area contributed by atoms with Crippen LogP contribution in [0.15, 0.2) is 28.7 Å². The lowest BCUT2D eigenvalue weighted by Crippen LogP contribution is -2.13. The maximum Gasteiger partial charge on any atom is 0.247 e. The Hall–Kier alpha value is -0.950. The molecule has 5 heteroatoms. The number of benzene rings is 1. The van der Waals surface area contributed by atoms with Gasteiger partial charge in [-0.2, -0.15) is 0 Å². The molecule has 0 amide bonds. The van der Waals surface area contributed by atoms with Crippen LogP contribution in [0.2, 0.25) is 0 Å². The first-order valence-electron chi connectivity index (χ1n) is 5.58. The summed E-state index contributed by atoms with van der Waals surface area (Å²) in [5, 5.41) is 11.3. The predicted octanol–water partition coefficient (Wildman–Crippen LogP) is 2.84. The molecule has 0 saturated heterocycles. The molecule has 2 aromatic rings. The van der Waals surface area contributed by atoms with E-state index < -0.39 is 0 Å². The minimum absolute atomic E-state index is 0.578. The topological polar surface area (TPSA) is 51.0 Å². The molecule has 0 radical (unpaired) electrons. The number of nitrogens with one attached hydrogen (secondary N) is 1. The zero-order valence-electron chi connectivity index (χ0n) is 9.61. The molecule has 4 nitrogen and oxygen atoms in total. The largest absolute Gasteiger partial charge is 0.419 e. The van der Waals surface area contributed by atoms with Crippen LogP contribution >= 0.6 is 22.6 Å². The molecule has 90 valence electrons. The van der Waals surface area contributed by atoms with Crippen LogP contribution < -0.4 is 5.32 Å². The van der Waals surface area contributed by atoms with Gasteiger partial charge in [0.1, 0.15) is 0 Å². The first-order chi connectivity index (χ1) is 8.29. The fourth-order valence-corrected chi connectivity index (χ4v) is 1.77. The molecule has 0 aliphatic carbocycles. The molecule has 17 heavy (non-hydrogen) atoms. The van der Waals surface area contributed by atoms with Gasteiger partial charge in [0, 0.05) is 9.13 Å². The second kappa shape index (κ2) is 6.11. The van der Waals surface area contributed by atoms with Crippen LogP contribution in [0.5, 0.6) is 0 Å². The maximum absolute atomic E-state index is 5.57. The Bertz CT molecular complexity index is 467. The third-order valence-corrected chi connectivity index (χ3v) is 2.98. The molecular formula is C12H14IN3O. The quantitative estimate of drug-likeness (QED) is 0.670. The molecule has 0 fully saturated rings. The molecule has 1 heterocycles. The molecule has 1 aromatic carbocycles. The van der Waals surface area contributed by atoms with Crippen molar-refractivity contribution in [1.82, 2.24) is 15.5 Å². The lowest BCUT2D eigenvalue weighted by Gasteiger charge is -1.97. The molecule has 1 aromatic heterocycles. The van der Waals surface area contributed by atoms with E-state index in [1.54, 1.807) is 0 Å². The highest BCUT2D eigenvalue weighted by atomic mass is 127. The minimum Gasteiger partial charge on any atom is -0.419 e. The summed E-state index contributed by atoms with van der Waals surface area (Å²) in [6.45, 7) is 3.71. The zero-order valence-corrected chi connectivity index (χ0v) is 11.8. The predicted molar refractivity (Wildman–Crippen MR) is 74.4 cm³/mol. The van der Waals surface area contributed by atoms with Crippen molar-refractivity contribution in [2.24, 2.45) is 0 Å². The number of rotatable bonds is 5. The highest BCUT2D eigenvalue weighted by molar-refractivity contribution is 14.1. The van der Waals surface area contributed by atoms with Crippen LogP contribution in [-0.4, -0.2) is 16.7 Å². The van der Waals surface area contributed by atoms with Gasteiger partial charge in [-0.3, -0.25) is 0 Å². The van der Waals surface area contributed by atoms with Gasteiger partial charge in [0.05, 0.1) is 6.54 Å². The van der Waals surface area contributed by atoms with Crippen molar-refractivity contribution in [2.75, 3.05) is 6.54 Å². The summed E-state index contributed by atoms with van der Waals surface area (Å²) in [5.41, 5.74) is 0.958. The second-order valence-corrected chi connectivity index (χ2v) is 4.93. The average molecular weight is 343 g/mol. The fourth-order valence-electron chi connectivity index (χ4n) is 1.41. The van der Waals surface area contributed by atoms with Gasteiger partial charge in [0.2, 0.25) is 11.8 Å². The van der Waals surface area contributed by atoms with Crippen LogP contribution in [0.4, 0.5) is 0 Å². The Morgan fingerprint density at radius 1 is 1.24 bits per heavy atom. The summed E-state index contributed by atoms with van der Waals surface area (Å²) in [6, 6.07) is 8.02. The number of hydrogen-bond acceptors (Lipinski definition) is 4. The summed E-state index contributed by atoms with van der Waals surface area (Å²) in [7, 11) is 0. The van der Waals surface area contributed by atoms with Crippen molar-refractivity contribution < 1.29 is 4.42 Å². The number of hydrogen-bond donors (Lipinski definition) is 1. The second-order valence-electron chi connectivity index (χ2n) is 3.68. The van der Waals surface area contributed by atoms with Crippen molar-refractivity contribution in [3.8, 4) is 11.5 Å². The van der Waals surface area contributed by atoms with Gasteiger partial charge in [-0.1, -0.05) is 6.92 Å². The highest BCUT2D eigenvalue weighted by Crippen LogP contribution is 2.18. The fraction of sp³-hybridized carbons (Fsp3) is 0.333. The summed E-state index contributed by atoms with van der Waals surface area (Å²) in [4.78, 5) is 0. The Morgan fingerprint density at radius 2 is 2.00 bits per heavy atom. The molecule has 0 bridgehead atoms. The molecule has 0 atom stereocenters. The van der Waals surface area contributed by atoms with E-state index in [1.165, 1.54) is 3.57 Å². The van der Waals surface area contributed by atoms with Crippen LogP contribution in [0.1, 0.15) is 19.2 Å². The Kier molecular flexibility index (Phi) is 4.49. The van der Waals surface area contributed by atoms with E-state index in [0.717, 1.165) is 18.5 Å². The molecular weight excluding hydrogens is 329 g/mol. The Balaban J connectivity index is 2.04. The van der Waals surface area contributed by atoms with Gasteiger partial charge in [0.15, 0.2) is 0 Å². The normalized spacial score (nSPS) is 10.7. The third kappa shape index (κ3) is 3.50. The number of halogens is 1. The standard InChI is InChI=1S/C12H14IN3O/c1-2-7-14-8-11-15-16-12(17-11)9-3-5-10(13)6-4-9/h3-6,14H,2,7-8H2,1H3. The molecule has 1 N–H and O–H groups in total. The minimum atomic E-state index is 0.578. The third-order valence-electron chi connectivity index (χ3n) is 2.26. The summed E-state index contributed by atoms with van der Waals surface area (Å²) >= 11 is 2.27. The summed E-state index contributed by atoms with van der Waals surface area (Å²) in [6.07, 6.45) is 1.10. The van der Waals surface area contributed by atoms with Crippen LogP contribution in [0.3, 0.4) is 0 Å². The van der Waals surface area contributed by atoms with E-state index in [1.807, 2.05) is 24.3 Å². The Morgan fingerprint density at radius 3 is 2.71 bits per heavy atom. The van der Waals surface area contributed by atoms with Gasteiger partial charge < -0.3 is 9.73 Å². The van der Waals surface area contributed by atoms with Gasteiger partial charge in [-0.15, -0.1) is 10.2 Å². The van der Waals surface area contributed by atoms with Gasteiger partial charge >= 0.3 is 0 Å². The molecule has 0 spiro atoms. The number of nitrogens with zero attached hydrogens (tertiary/aromatic N) is 2. The van der Waals surface area contributed by atoms with E-state index in [-0.39, 0.29) is 0 Å². The lowest BCUT2D eigenvalue weighted by atomic mass is 10.2. The summed E-state index contributed by atoms with van der Waals surface area (Å²) < 4.78 is 6.76. The van der Waals surface area contributed by atoms with E-state index in [2.05, 4.69) is 45.0 Å². The summed E-state index contributed by atoms with van der Waals surface area (Å²) in [5.74, 6) is 1.21. The molecule has 0 saturated carbocycles. The van der Waals surface area contributed by atoms with E-state index in [0.29, 0.717) is 18.3 Å². The SMILES string of the molecule is CCCNCc1nnc(-c2ccc(I)cc2)o1. The van der Waals surface area contributed by atoms with Crippen molar-refractivity contribution in [3.05, 3.63) is 33.7 Å². The zero-order chi connectivity index (χ0) is 12.1. The average Bonchev–Trinajstić information content (AvgIpc) is 2.79. The smallest absolute Gasteiger partial charge is 0.247 e. The van der Waals surface area contributed by atoms with Gasteiger partial charge in [0.25, 0.3) is 0 Å². The molecule has 0 aliphatic heterocycles. The van der Waals surface area contributed by atoms with Gasteiger partial charge in [-0.25, -0.2) is 0 Å². The number of aromatic nitrogens is 2. The van der Waals surface area contributed by atoms with E-state index in [4.69, 9.17) is 4.42 Å². The van der Waals surface area contributed by atoms with Crippen molar-refractivity contribution >= 4 is 22.6 Å². The van der Waals surface area contributed by atoms with Crippen molar-refractivity contribution in [3.63, 3.8) is 0 Å². The molecule has 0 aliphatic rings. The van der Waals surface area contributed by atoms with Crippen molar-refractivity contribution in [2.45, 2.75) is 19.9 Å². The molecule has 0 unspecified atom stereocenters. The molecule has 2 rings (SSSR count). The van der Waals surface area contributed by atoms with Crippen molar-refractivity contribution in [1.29, 1.82) is 0 Å². The Labute approximate surface area is 114 Å². The van der Waals surface area contributed by atoms with Crippen LogP contribution in [0, 0.1) is 3.57 Å². The van der Waals surface area contributed by atoms with Crippen LogP contribution in [-0.2, 0) is 6.54 Å². The lowest BCUT2D eigenvalue weighted by molar-refractivity contribution is 0.477. The van der Waals surface area contributed by atoms with Crippen LogP contribution in [0.25, 0.3) is 11.5 Å². The maximum atomic E-state index is 5.57. The first-order valence-corrected chi connectivity index (χ1v) is 6.66. The first kappa shape index (κ1) is 12.5.